The third kappa shape index (κ3) is 5.68. The van der Waals surface area contributed by atoms with Crippen LogP contribution in [0.2, 0.25) is 0 Å². The number of nitrogens with one attached hydrogen (secondary N) is 1. The van der Waals surface area contributed by atoms with Crippen molar-refractivity contribution in [1.29, 1.82) is 0 Å². The number of likely N-dealkylation sites (N-methyl/N-ethyl adjacent to an activating group) is 1. The second-order valence-corrected chi connectivity index (χ2v) is 4.92. The number of rotatable bonds is 8. The average Bonchev–Trinajstić information content (AvgIpc) is 2.92. The third-order valence-corrected chi connectivity index (χ3v) is 3.17. The van der Waals surface area contributed by atoms with E-state index in [-0.39, 0.29) is 18.4 Å². The molecule has 0 aliphatic carbocycles. The van der Waals surface area contributed by atoms with Gasteiger partial charge >= 0.3 is 5.97 Å². The second kappa shape index (κ2) is 8.58. The van der Waals surface area contributed by atoms with Gasteiger partial charge in [-0.15, -0.1) is 0 Å². The summed E-state index contributed by atoms with van der Waals surface area (Å²) in [4.78, 5) is 35.7. The number of methoxy groups -OCH3 is 1. The van der Waals surface area contributed by atoms with Gasteiger partial charge in [-0.3, -0.25) is 9.59 Å². The van der Waals surface area contributed by atoms with Gasteiger partial charge in [-0.2, -0.15) is 0 Å². The van der Waals surface area contributed by atoms with Gasteiger partial charge in [0.25, 0.3) is 5.91 Å². The number of aliphatic carboxylic acids is 1. The van der Waals surface area contributed by atoms with E-state index >= 15 is 0 Å². The van der Waals surface area contributed by atoms with Crippen LogP contribution in [0, 0.1) is 0 Å². The van der Waals surface area contributed by atoms with E-state index in [0.717, 1.165) is 0 Å². The van der Waals surface area contributed by atoms with Crippen molar-refractivity contribution in [1.82, 2.24) is 10.2 Å². The molecule has 0 aromatic rings. The van der Waals surface area contributed by atoms with E-state index in [1.807, 2.05) is 0 Å². The molecule has 0 spiro atoms. The monoisotopic (exact) mass is 302 g/mol. The SMILES string of the molecule is COCCCNC(=O)CN(C)C(=O)C1CCC(C(=O)O)O1. The topological polar surface area (TPSA) is 105 Å². The maximum absolute atomic E-state index is 12.0. The molecule has 1 heterocycles. The molecule has 2 N–H and O–H groups in total. The van der Waals surface area contributed by atoms with Crippen molar-refractivity contribution in [2.75, 3.05) is 33.9 Å². The molecule has 1 aliphatic rings. The zero-order chi connectivity index (χ0) is 15.8. The van der Waals surface area contributed by atoms with Gasteiger partial charge in [-0.25, -0.2) is 4.79 Å². The Morgan fingerprint density at radius 1 is 1.33 bits per heavy atom. The maximum atomic E-state index is 12.0. The third-order valence-electron chi connectivity index (χ3n) is 3.17. The molecule has 0 bridgehead atoms. The quantitative estimate of drug-likeness (QED) is 0.570. The first-order chi connectivity index (χ1) is 9.95. The summed E-state index contributed by atoms with van der Waals surface area (Å²) < 4.78 is 10.0. The number of carbonyl (C=O) groups excluding carboxylic acids is 2. The van der Waals surface area contributed by atoms with Gasteiger partial charge in [-0.1, -0.05) is 0 Å². The number of carbonyl (C=O) groups is 3. The van der Waals surface area contributed by atoms with Gasteiger partial charge in [0.2, 0.25) is 5.91 Å². The van der Waals surface area contributed by atoms with E-state index in [4.69, 9.17) is 14.6 Å². The average molecular weight is 302 g/mol. The second-order valence-electron chi connectivity index (χ2n) is 4.92. The van der Waals surface area contributed by atoms with Crippen molar-refractivity contribution in [3.63, 3.8) is 0 Å². The first-order valence-corrected chi connectivity index (χ1v) is 6.84. The Bertz CT molecular complexity index is 387. The maximum Gasteiger partial charge on any atom is 0.332 e. The number of hydrogen-bond donors (Lipinski definition) is 2. The van der Waals surface area contributed by atoms with E-state index in [2.05, 4.69) is 5.32 Å². The number of nitrogens with zero attached hydrogens (tertiary/aromatic N) is 1. The Morgan fingerprint density at radius 2 is 2.00 bits per heavy atom. The Balaban J connectivity index is 2.31. The lowest BCUT2D eigenvalue weighted by Crippen LogP contribution is -2.43. The lowest BCUT2D eigenvalue weighted by atomic mass is 10.2. The summed E-state index contributed by atoms with van der Waals surface area (Å²) in [6.45, 7) is 0.959. The highest BCUT2D eigenvalue weighted by Crippen LogP contribution is 2.21. The fourth-order valence-electron chi connectivity index (χ4n) is 2.04. The molecule has 2 unspecified atom stereocenters. The highest BCUT2D eigenvalue weighted by atomic mass is 16.5. The van der Waals surface area contributed by atoms with E-state index in [0.29, 0.717) is 32.4 Å². The molecule has 1 aliphatic heterocycles. The first kappa shape index (κ1) is 17.4. The molecule has 0 saturated carbocycles. The van der Waals surface area contributed by atoms with Crippen LogP contribution in [-0.2, 0) is 23.9 Å². The fourth-order valence-corrected chi connectivity index (χ4v) is 2.04. The summed E-state index contributed by atoms with van der Waals surface area (Å²) in [6, 6.07) is 0. The van der Waals surface area contributed by atoms with Crippen LogP contribution in [0.4, 0.5) is 0 Å². The normalized spacial score (nSPS) is 21.0. The summed E-state index contributed by atoms with van der Waals surface area (Å²) in [6.07, 6.45) is -0.350. The van der Waals surface area contributed by atoms with Gasteiger partial charge in [-0.05, 0) is 19.3 Å². The summed E-state index contributed by atoms with van der Waals surface area (Å²) in [7, 11) is 3.08. The van der Waals surface area contributed by atoms with Gasteiger partial charge in [0, 0.05) is 27.3 Å². The zero-order valence-corrected chi connectivity index (χ0v) is 12.3. The molecule has 1 rings (SSSR count). The number of amides is 2. The van der Waals surface area contributed by atoms with Gasteiger partial charge in [0.1, 0.15) is 6.10 Å². The van der Waals surface area contributed by atoms with Crippen molar-refractivity contribution >= 4 is 17.8 Å². The molecule has 2 amide bonds. The lowest BCUT2D eigenvalue weighted by Gasteiger charge is -2.20. The molecule has 21 heavy (non-hydrogen) atoms. The highest BCUT2D eigenvalue weighted by Gasteiger charge is 2.36. The highest BCUT2D eigenvalue weighted by molar-refractivity contribution is 5.87. The van der Waals surface area contributed by atoms with Crippen molar-refractivity contribution in [3.05, 3.63) is 0 Å². The molecule has 120 valence electrons. The summed E-state index contributed by atoms with van der Waals surface area (Å²) >= 11 is 0. The van der Waals surface area contributed by atoms with Crippen LogP contribution in [0.1, 0.15) is 19.3 Å². The van der Waals surface area contributed by atoms with Gasteiger partial charge < -0.3 is 24.8 Å². The molecule has 8 heteroatoms. The Hall–Kier alpha value is -1.67. The van der Waals surface area contributed by atoms with E-state index in [1.54, 1.807) is 7.11 Å². The van der Waals surface area contributed by atoms with Crippen molar-refractivity contribution in [3.8, 4) is 0 Å². The predicted octanol–water partition coefficient (Wildman–Crippen LogP) is -0.770. The molecular weight excluding hydrogens is 280 g/mol. The minimum absolute atomic E-state index is 0.0799. The predicted molar refractivity (Wildman–Crippen MR) is 72.7 cm³/mol. The summed E-state index contributed by atoms with van der Waals surface area (Å²) in [5.74, 6) is -1.70. The van der Waals surface area contributed by atoms with Crippen LogP contribution in [0.25, 0.3) is 0 Å². The number of carboxylic acids is 1. The lowest BCUT2D eigenvalue weighted by molar-refractivity contribution is -0.155. The number of hydrogen-bond acceptors (Lipinski definition) is 5. The molecule has 8 nitrogen and oxygen atoms in total. The largest absolute Gasteiger partial charge is 0.479 e. The van der Waals surface area contributed by atoms with E-state index < -0.39 is 18.2 Å². The summed E-state index contributed by atoms with van der Waals surface area (Å²) in [5, 5.41) is 11.5. The molecule has 0 aromatic heterocycles. The van der Waals surface area contributed by atoms with Crippen molar-refractivity contribution < 1.29 is 29.0 Å². The van der Waals surface area contributed by atoms with Crippen molar-refractivity contribution in [2.45, 2.75) is 31.5 Å². The minimum atomic E-state index is -1.07. The van der Waals surface area contributed by atoms with Crippen LogP contribution in [-0.4, -0.2) is 73.9 Å². The molecule has 1 saturated heterocycles. The fraction of sp³-hybridized carbons (Fsp3) is 0.769. The van der Waals surface area contributed by atoms with Gasteiger partial charge in [0.15, 0.2) is 6.10 Å². The molecule has 0 aromatic carbocycles. The van der Waals surface area contributed by atoms with Crippen LogP contribution in [0.3, 0.4) is 0 Å². The zero-order valence-electron chi connectivity index (χ0n) is 12.3. The number of ether oxygens (including phenoxy) is 2. The Labute approximate surface area is 123 Å². The van der Waals surface area contributed by atoms with E-state index in [1.165, 1.54) is 11.9 Å². The number of carboxylic acid groups (broad SMARTS) is 1. The summed E-state index contributed by atoms with van der Waals surface area (Å²) in [5.41, 5.74) is 0. The smallest absolute Gasteiger partial charge is 0.332 e. The first-order valence-electron chi connectivity index (χ1n) is 6.84. The van der Waals surface area contributed by atoms with Gasteiger partial charge in [0.05, 0.1) is 6.54 Å². The molecule has 1 fully saturated rings. The van der Waals surface area contributed by atoms with Crippen LogP contribution in [0.15, 0.2) is 0 Å². The van der Waals surface area contributed by atoms with Crippen molar-refractivity contribution in [2.24, 2.45) is 0 Å². The molecule has 2 atom stereocenters. The standard InChI is InChI=1S/C13H22N2O6/c1-15(8-11(16)14-6-3-7-20-2)12(17)9-4-5-10(21-9)13(18)19/h9-10H,3-8H2,1-2H3,(H,14,16)(H,18,19). The van der Waals surface area contributed by atoms with Crippen LogP contribution < -0.4 is 5.32 Å². The van der Waals surface area contributed by atoms with E-state index in [9.17, 15) is 14.4 Å². The van der Waals surface area contributed by atoms with Crippen LogP contribution >= 0.6 is 0 Å². The Morgan fingerprint density at radius 3 is 2.57 bits per heavy atom. The van der Waals surface area contributed by atoms with Crippen LogP contribution in [0.5, 0.6) is 0 Å². The molecular formula is C13H22N2O6. The minimum Gasteiger partial charge on any atom is -0.479 e. The Kier molecular flexibility index (Phi) is 7.10. The molecule has 0 radical (unpaired) electrons.